The summed E-state index contributed by atoms with van der Waals surface area (Å²) in [6.07, 6.45) is 2.33. The molecule has 0 aliphatic heterocycles. The number of ether oxygens (including phenoxy) is 2. The van der Waals surface area contributed by atoms with Crippen molar-refractivity contribution in [2.75, 3.05) is 19.5 Å². The van der Waals surface area contributed by atoms with Gasteiger partial charge in [0.15, 0.2) is 0 Å². The molecule has 1 aliphatic carbocycles. The molecule has 1 heterocycles. The highest BCUT2D eigenvalue weighted by Crippen LogP contribution is 2.39. The van der Waals surface area contributed by atoms with Crippen molar-refractivity contribution >= 4 is 5.82 Å². The molecule has 1 fully saturated rings. The van der Waals surface area contributed by atoms with Crippen LogP contribution in [-0.2, 0) is 11.3 Å². The second-order valence-corrected chi connectivity index (χ2v) is 5.16. The summed E-state index contributed by atoms with van der Waals surface area (Å²) >= 11 is 0. The van der Waals surface area contributed by atoms with E-state index in [2.05, 4.69) is 15.3 Å². The van der Waals surface area contributed by atoms with E-state index in [1.807, 2.05) is 37.4 Å². The normalized spacial score (nSPS) is 14.0. The zero-order valence-corrected chi connectivity index (χ0v) is 12.3. The minimum atomic E-state index is 0.487. The molecule has 5 heteroatoms. The second-order valence-electron chi connectivity index (χ2n) is 5.16. The van der Waals surface area contributed by atoms with Crippen molar-refractivity contribution in [1.29, 1.82) is 0 Å². The Morgan fingerprint density at radius 3 is 2.81 bits per heavy atom. The molecule has 21 heavy (non-hydrogen) atoms. The van der Waals surface area contributed by atoms with Crippen LogP contribution in [0.3, 0.4) is 0 Å². The molecule has 0 unspecified atom stereocenters. The SMILES string of the molecule is CNc1cc(Oc2cccc(COC)c2)nc(C2CC2)n1. The van der Waals surface area contributed by atoms with Gasteiger partial charge in [-0.15, -0.1) is 0 Å². The molecule has 0 amide bonds. The van der Waals surface area contributed by atoms with Crippen molar-refractivity contribution in [3.8, 4) is 11.6 Å². The third-order valence-electron chi connectivity index (χ3n) is 3.35. The first-order chi connectivity index (χ1) is 10.3. The van der Waals surface area contributed by atoms with Gasteiger partial charge in [0, 0.05) is 26.1 Å². The predicted octanol–water partition coefficient (Wildman–Crippen LogP) is 3.33. The molecule has 0 radical (unpaired) electrons. The van der Waals surface area contributed by atoms with Crippen LogP contribution >= 0.6 is 0 Å². The Kier molecular flexibility index (Phi) is 4.01. The average Bonchev–Trinajstić information content (AvgIpc) is 3.32. The smallest absolute Gasteiger partial charge is 0.224 e. The Morgan fingerprint density at radius 1 is 1.24 bits per heavy atom. The lowest BCUT2D eigenvalue weighted by atomic mass is 10.2. The van der Waals surface area contributed by atoms with Crippen LogP contribution < -0.4 is 10.1 Å². The van der Waals surface area contributed by atoms with Crippen molar-refractivity contribution in [2.45, 2.75) is 25.4 Å². The molecule has 1 saturated carbocycles. The van der Waals surface area contributed by atoms with Crippen LogP contribution in [0.15, 0.2) is 30.3 Å². The molecule has 1 N–H and O–H groups in total. The van der Waals surface area contributed by atoms with Crippen molar-refractivity contribution in [1.82, 2.24) is 9.97 Å². The van der Waals surface area contributed by atoms with E-state index in [0.717, 1.165) is 35.8 Å². The lowest BCUT2D eigenvalue weighted by Crippen LogP contribution is -2.01. The number of anilines is 1. The summed E-state index contributed by atoms with van der Waals surface area (Å²) in [7, 11) is 3.53. The van der Waals surface area contributed by atoms with E-state index >= 15 is 0 Å². The standard InChI is InChI=1S/C16H19N3O2/c1-17-14-9-15(19-16(18-14)12-6-7-12)21-13-5-3-4-11(8-13)10-20-2/h3-5,8-9,12H,6-7,10H2,1-2H3,(H,17,18,19). The van der Waals surface area contributed by atoms with Crippen LogP contribution in [0.1, 0.15) is 30.1 Å². The highest BCUT2D eigenvalue weighted by atomic mass is 16.5. The van der Waals surface area contributed by atoms with Gasteiger partial charge in [0.25, 0.3) is 0 Å². The van der Waals surface area contributed by atoms with E-state index < -0.39 is 0 Å². The quantitative estimate of drug-likeness (QED) is 0.882. The van der Waals surface area contributed by atoms with Gasteiger partial charge in [-0.1, -0.05) is 12.1 Å². The first-order valence-corrected chi connectivity index (χ1v) is 7.11. The molecule has 3 rings (SSSR count). The number of hydrogen-bond donors (Lipinski definition) is 1. The summed E-state index contributed by atoms with van der Waals surface area (Å²) in [5.41, 5.74) is 1.07. The van der Waals surface area contributed by atoms with E-state index in [4.69, 9.17) is 9.47 Å². The number of nitrogens with zero attached hydrogens (tertiary/aromatic N) is 2. The van der Waals surface area contributed by atoms with E-state index in [9.17, 15) is 0 Å². The summed E-state index contributed by atoms with van der Waals surface area (Å²) in [4.78, 5) is 8.99. The van der Waals surface area contributed by atoms with E-state index in [0.29, 0.717) is 18.4 Å². The van der Waals surface area contributed by atoms with Crippen LogP contribution in [-0.4, -0.2) is 24.1 Å². The molecule has 0 atom stereocenters. The highest BCUT2D eigenvalue weighted by Gasteiger charge is 2.27. The number of methoxy groups -OCH3 is 1. The van der Waals surface area contributed by atoms with Gasteiger partial charge in [0.05, 0.1) is 6.61 Å². The topological polar surface area (TPSA) is 56.3 Å². The summed E-state index contributed by atoms with van der Waals surface area (Å²) < 4.78 is 11.0. The van der Waals surface area contributed by atoms with Gasteiger partial charge in [0.2, 0.25) is 5.88 Å². The maximum atomic E-state index is 5.88. The highest BCUT2D eigenvalue weighted by molar-refractivity contribution is 5.40. The van der Waals surface area contributed by atoms with Crippen molar-refractivity contribution < 1.29 is 9.47 Å². The third-order valence-corrected chi connectivity index (χ3v) is 3.35. The summed E-state index contributed by atoms with van der Waals surface area (Å²) in [5.74, 6) is 3.47. The maximum absolute atomic E-state index is 5.88. The Bertz CT molecular complexity index is 627. The number of nitrogens with one attached hydrogen (secondary N) is 1. The molecular weight excluding hydrogens is 266 g/mol. The molecule has 1 aromatic heterocycles. The molecule has 0 spiro atoms. The minimum Gasteiger partial charge on any atom is -0.439 e. The molecule has 110 valence electrons. The van der Waals surface area contributed by atoms with Crippen LogP contribution in [0.2, 0.25) is 0 Å². The predicted molar refractivity (Wildman–Crippen MR) is 80.8 cm³/mol. The van der Waals surface area contributed by atoms with Crippen LogP contribution in [0.4, 0.5) is 5.82 Å². The van der Waals surface area contributed by atoms with Crippen molar-refractivity contribution in [3.05, 3.63) is 41.7 Å². The van der Waals surface area contributed by atoms with Crippen LogP contribution in [0.25, 0.3) is 0 Å². The molecule has 1 aliphatic rings. The maximum Gasteiger partial charge on any atom is 0.224 e. The largest absolute Gasteiger partial charge is 0.439 e. The molecule has 2 aromatic rings. The van der Waals surface area contributed by atoms with Gasteiger partial charge < -0.3 is 14.8 Å². The summed E-state index contributed by atoms with van der Waals surface area (Å²) in [6, 6.07) is 9.64. The van der Waals surface area contributed by atoms with E-state index in [1.165, 1.54) is 0 Å². The number of hydrogen-bond acceptors (Lipinski definition) is 5. The minimum absolute atomic E-state index is 0.487. The first kappa shape index (κ1) is 13.8. The summed E-state index contributed by atoms with van der Waals surface area (Å²) in [6.45, 7) is 0.566. The zero-order valence-electron chi connectivity index (χ0n) is 12.3. The van der Waals surface area contributed by atoms with Crippen LogP contribution in [0, 0.1) is 0 Å². The molecule has 1 aromatic carbocycles. The average molecular weight is 285 g/mol. The monoisotopic (exact) mass is 285 g/mol. The van der Waals surface area contributed by atoms with E-state index in [-0.39, 0.29) is 0 Å². The fraction of sp³-hybridized carbons (Fsp3) is 0.375. The Balaban J connectivity index is 1.83. The Labute approximate surface area is 124 Å². The Morgan fingerprint density at radius 2 is 2.10 bits per heavy atom. The Hall–Kier alpha value is -2.14. The number of benzene rings is 1. The fourth-order valence-electron chi connectivity index (χ4n) is 2.13. The van der Waals surface area contributed by atoms with Crippen molar-refractivity contribution in [3.63, 3.8) is 0 Å². The van der Waals surface area contributed by atoms with Gasteiger partial charge >= 0.3 is 0 Å². The van der Waals surface area contributed by atoms with Crippen molar-refractivity contribution in [2.24, 2.45) is 0 Å². The van der Waals surface area contributed by atoms with Gasteiger partial charge in [-0.05, 0) is 30.5 Å². The summed E-state index contributed by atoms with van der Waals surface area (Å²) in [5, 5.41) is 3.06. The van der Waals surface area contributed by atoms with Gasteiger partial charge in [-0.3, -0.25) is 0 Å². The lowest BCUT2D eigenvalue weighted by molar-refractivity contribution is 0.184. The fourth-order valence-corrected chi connectivity index (χ4v) is 2.13. The number of rotatable bonds is 6. The van der Waals surface area contributed by atoms with Crippen LogP contribution in [0.5, 0.6) is 11.6 Å². The molecular formula is C16H19N3O2. The molecule has 0 bridgehead atoms. The van der Waals surface area contributed by atoms with E-state index in [1.54, 1.807) is 7.11 Å². The third kappa shape index (κ3) is 3.49. The van der Waals surface area contributed by atoms with Gasteiger partial charge in [0.1, 0.15) is 17.4 Å². The molecule has 5 nitrogen and oxygen atoms in total. The first-order valence-electron chi connectivity index (χ1n) is 7.11. The van der Waals surface area contributed by atoms with Gasteiger partial charge in [-0.25, -0.2) is 4.98 Å². The molecule has 0 saturated heterocycles. The lowest BCUT2D eigenvalue weighted by Gasteiger charge is -2.09. The zero-order chi connectivity index (χ0) is 14.7. The van der Waals surface area contributed by atoms with Gasteiger partial charge in [-0.2, -0.15) is 4.98 Å². The second kappa shape index (κ2) is 6.10. The number of aromatic nitrogens is 2.